The first kappa shape index (κ1) is 13.5. The van der Waals surface area contributed by atoms with Gasteiger partial charge in [0.1, 0.15) is 9.88 Å². The molecule has 0 fully saturated rings. The highest BCUT2D eigenvalue weighted by Crippen LogP contribution is 2.23. The maximum Gasteiger partial charge on any atom is 0.149 e. The molecule has 0 saturated heterocycles. The lowest BCUT2D eigenvalue weighted by atomic mass is 10.0. The fourth-order valence-corrected chi connectivity index (χ4v) is 3.29. The van der Waals surface area contributed by atoms with Gasteiger partial charge in [0.2, 0.25) is 0 Å². The quantitative estimate of drug-likeness (QED) is 0.794. The molecule has 88 valence electrons. The number of thiazole rings is 1. The standard InChI is InChI=1S/C11H17N3S2/c1-9(2)14-11(3,8-12)4-6-15-10-13-5-7-16-10/h5,7,9,14H,4,6H2,1-3H3. The van der Waals surface area contributed by atoms with Crippen LogP contribution in [0.3, 0.4) is 0 Å². The molecule has 1 atom stereocenters. The highest BCUT2D eigenvalue weighted by molar-refractivity contribution is 8.00. The van der Waals surface area contributed by atoms with Gasteiger partial charge in [-0.05, 0) is 27.2 Å². The average molecular weight is 255 g/mol. The van der Waals surface area contributed by atoms with Crippen LogP contribution in [0, 0.1) is 11.3 Å². The van der Waals surface area contributed by atoms with Gasteiger partial charge in [0.25, 0.3) is 0 Å². The van der Waals surface area contributed by atoms with E-state index in [1.54, 1.807) is 23.1 Å². The molecule has 0 saturated carbocycles. The second-order valence-corrected chi connectivity index (χ2v) is 6.38. The van der Waals surface area contributed by atoms with Gasteiger partial charge in [-0.2, -0.15) is 5.26 Å². The van der Waals surface area contributed by atoms with E-state index in [0.29, 0.717) is 6.04 Å². The molecule has 0 aliphatic heterocycles. The number of nitrogens with zero attached hydrogens (tertiary/aromatic N) is 2. The van der Waals surface area contributed by atoms with Gasteiger partial charge in [-0.1, -0.05) is 11.8 Å². The smallest absolute Gasteiger partial charge is 0.149 e. The van der Waals surface area contributed by atoms with Crippen molar-refractivity contribution in [3.63, 3.8) is 0 Å². The first-order chi connectivity index (χ1) is 7.56. The van der Waals surface area contributed by atoms with Crippen LogP contribution in [0.5, 0.6) is 0 Å². The summed E-state index contributed by atoms with van der Waals surface area (Å²) < 4.78 is 1.07. The van der Waals surface area contributed by atoms with Crippen LogP contribution in [-0.2, 0) is 0 Å². The molecule has 3 nitrogen and oxygen atoms in total. The Bertz CT molecular complexity index is 343. The zero-order chi connectivity index (χ0) is 12.0. The minimum atomic E-state index is -0.432. The lowest BCUT2D eigenvalue weighted by Crippen LogP contribution is -2.45. The molecular weight excluding hydrogens is 238 g/mol. The summed E-state index contributed by atoms with van der Waals surface area (Å²) in [5.41, 5.74) is -0.432. The Kier molecular flexibility index (Phi) is 5.26. The fraction of sp³-hybridized carbons (Fsp3) is 0.636. The molecule has 0 spiro atoms. The minimum absolute atomic E-state index is 0.328. The van der Waals surface area contributed by atoms with E-state index in [4.69, 9.17) is 5.26 Å². The van der Waals surface area contributed by atoms with Crippen molar-refractivity contribution in [2.24, 2.45) is 0 Å². The van der Waals surface area contributed by atoms with Crippen molar-refractivity contribution in [3.05, 3.63) is 11.6 Å². The normalized spacial score (nSPS) is 14.7. The summed E-state index contributed by atoms with van der Waals surface area (Å²) in [6.07, 6.45) is 2.63. The summed E-state index contributed by atoms with van der Waals surface area (Å²) in [5.74, 6) is 0.914. The summed E-state index contributed by atoms with van der Waals surface area (Å²) >= 11 is 3.36. The Hall–Kier alpha value is -0.570. The van der Waals surface area contributed by atoms with Gasteiger partial charge in [-0.25, -0.2) is 4.98 Å². The molecule has 0 aliphatic carbocycles. The minimum Gasteiger partial charge on any atom is -0.297 e. The summed E-state index contributed by atoms with van der Waals surface area (Å²) in [7, 11) is 0. The predicted molar refractivity (Wildman–Crippen MR) is 69.7 cm³/mol. The van der Waals surface area contributed by atoms with Crippen molar-refractivity contribution in [1.29, 1.82) is 5.26 Å². The van der Waals surface area contributed by atoms with Gasteiger partial charge in [0.15, 0.2) is 0 Å². The highest BCUT2D eigenvalue weighted by atomic mass is 32.2. The molecule has 0 bridgehead atoms. The number of hydrogen-bond acceptors (Lipinski definition) is 5. The van der Waals surface area contributed by atoms with Gasteiger partial charge in [0, 0.05) is 23.4 Å². The van der Waals surface area contributed by atoms with Crippen molar-refractivity contribution < 1.29 is 0 Å². The van der Waals surface area contributed by atoms with Gasteiger partial charge in [-0.15, -0.1) is 11.3 Å². The Morgan fingerprint density at radius 3 is 2.94 bits per heavy atom. The molecule has 1 aromatic rings. The summed E-state index contributed by atoms with van der Waals surface area (Å²) in [6.45, 7) is 6.07. The van der Waals surface area contributed by atoms with Crippen LogP contribution in [0.4, 0.5) is 0 Å². The third-order valence-electron chi connectivity index (χ3n) is 2.09. The van der Waals surface area contributed by atoms with Crippen molar-refractivity contribution in [1.82, 2.24) is 10.3 Å². The van der Waals surface area contributed by atoms with E-state index in [1.165, 1.54) is 0 Å². The second-order valence-electron chi connectivity index (χ2n) is 4.14. The monoisotopic (exact) mass is 255 g/mol. The molecule has 1 heterocycles. The zero-order valence-corrected chi connectivity index (χ0v) is 11.5. The molecule has 0 radical (unpaired) electrons. The lowest BCUT2D eigenvalue weighted by Gasteiger charge is -2.25. The van der Waals surface area contributed by atoms with E-state index in [2.05, 4.69) is 30.2 Å². The van der Waals surface area contributed by atoms with Crippen LogP contribution in [0.1, 0.15) is 27.2 Å². The summed E-state index contributed by atoms with van der Waals surface area (Å²) in [4.78, 5) is 4.20. The number of nitrogens with one attached hydrogen (secondary N) is 1. The van der Waals surface area contributed by atoms with Crippen LogP contribution in [0.25, 0.3) is 0 Å². The van der Waals surface area contributed by atoms with E-state index in [1.807, 2.05) is 18.5 Å². The van der Waals surface area contributed by atoms with E-state index in [0.717, 1.165) is 16.5 Å². The maximum absolute atomic E-state index is 9.16. The second kappa shape index (κ2) is 6.24. The molecule has 1 N–H and O–H groups in total. The van der Waals surface area contributed by atoms with Gasteiger partial charge in [-0.3, -0.25) is 5.32 Å². The van der Waals surface area contributed by atoms with Crippen LogP contribution >= 0.6 is 23.1 Å². The first-order valence-corrected chi connectivity index (χ1v) is 7.13. The number of nitriles is 1. The number of rotatable bonds is 6. The molecule has 0 amide bonds. The van der Waals surface area contributed by atoms with Crippen molar-refractivity contribution in [2.75, 3.05) is 5.75 Å². The van der Waals surface area contributed by atoms with Crippen LogP contribution in [-0.4, -0.2) is 22.3 Å². The van der Waals surface area contributed by atoms with Crippen molar-refractivity contribution in [2.45, 2.75) is 43.1 Å². The van der Waals surface area contributed by atoms with Crippen LogP contribution < -0.4 is 5.32 Å². The Labute approximate surface area is 105 Å². The molecule has 0 aromatic carbocycles. The van der Waals surface area contributed by atoms with Crippen molar-refractivity contribution >= 4 is 23.1 Å². The van der Waals surface area contributed by atoms with E-state index < -0.39 is 5.54 Å². The lowest BCUT2D eigenvalue weighted by molar-refractivity contribution is 0.397. The molecule has 0 aliphatic rings. The molecule has 1 rings (SSSR count). The SMILES string of the molecule is CC(C)NC(C)(C#N)CCSc1nccs1. The van der Waals surface area contributed by atoms with E-state index in [9.17, 15) is 0 Å². The molecular formula is C11H17N3S2. The topological polar surface area (TPSA) is 48.7 Å². The number of thioether (sulfide) groups is 1. The van der Waals surface area contributed by atoms with Crippen LogP contribution in [0.15, 0.2) is 15.9 Å². The third-order valence-corrected chi connectivity index (χ3v) is 4.06. The van der Waals surface area contributed by atoms with Crippen molar-refractivity contribution in [3.8, 4) is 6.07 Å². The Morgan fingerprint density at radius 2 is 2.44 bits per heavy atom. The summed E-state index contributed by atoms with van der Waals surface area (Å²) in [6, 6.07) is 2.68. The first-order valence-electron chi connectivity index (χ1n) is 5.27. The highest BCUT2D eigenvalue weighted by Gasteiger charge is 2.23. The van der Waals surface area contributed by atoms with Gasteiger partial charge >= 0.3 is 0 Å². The molecule has 16 heavy (non-hydrogen) atoms. The largest absolute Gasteiger partial charge is 0.297 e. The van der Waals surface area contributed by atoms with Gasteiger partial charge in [0.05, 0.1) is 6.07 Å². The fourth-order valence-electron chi connectivity index (χ4n) is 1.42. The average Bonchev–Trinajstić information content (AvgIpc) is 2.69. The van der Waals surface area contributed by atoms with E-state index in [-0.39, 0.29) is 0 Å². The summed E-state index contributed by atoms with van der Waals surface area (Å²) in [5, 5.41) is 14.4. The van der Waals surface area contributed by atoms with E-state index >= 15 is 0 Å². The molecule has 1 unspecified atom stereocenters. The molecule has 5 heteroatoms. The molecule has 1 aromatic heterocycles. The maximum atomic E-state index is 9.16. The third kappa shape index (κ3) is 4.52. The van der Waals surface area contributed by atoms with Gasteiger partial charge < -0.3 is 0 Å². The zero-order valence-electron chi connectivity index (χ0n) is 9.86. The Morgan fingerprint density at radius 1 is 1.69 bits per heavy atom. The Balaban J connectivity index is 2.37. The number of hydrogen-bond donors (Lipinski definition) is 1. The predicted octanol–water partition coefficient (Wildman–Crippen LogP) is 2.91. The van der Waals surface area contributed by atoms with Crippen LogP contribution in [0.2, 0.25) is 0 Å². The number of aromatic nitrogens is 1.